The number of likely N-dealkylation sites (N-methyl/N-ethyl adjacent to an activating group) is 1. The zero-order valence-electron chi connectivity index (χ0n) is 19.3. The van der Waals surface area contributed by atoms with Crippen LogP contribution < -0.4 is 20.4 Å². The molecule has 14 heteroatoms. The number of nitrogens with one attached hydrogen (secondary N) is 2. The lowest BCUT2D eigenvalue weighted by molar-refractivity contribution is -0.192. The van der Waals surface area contributed by atoms with Gasteiger partial charge in [0.15, 0.2) is 5.82 Å². The molecule has 1 fully saturated rings. The Hall–Kier alpha value is -3.94. The Morgan fingerprint density at radius 1 is 1.22 bits per heavy atom. The number of aromatic nitrogens is 3. The van der Waals surface area contributed by atoms with Crippen LogP contribution in [0.3, 0.4) is 0 Å². The van der Waals surface area contributed by atoms with Crippen LogP contribution in [-0.2, 0) is 11.2 Å². The van der Waals surface area contributed by atoms with Gasteiger partial charge in [0.05, 0.1) is 11.4 Å². The lowest BCUT2D eigenvalue weighted by atomic mass is 10.1. The zero-order chi connectivity index (χ0) is 26.2. The van der Waals surface area contributed by atoms with E-state index in [2.05, 4.69) is 25.5 Å². The van der Waals surface area contributed by atoms with E-state index in [0.29, 0.717) is 24.1 Å². The Labute approximate surface area is 202 Å². The summed E-state index contributed by atoms with van der Waals surface area (Å²) >= 11 is 0. The summed E-state index contributed by atoms with van der Waals surface area (Å²) in [6.07, 6.45) is 0.707. The van der Waals surface area contributed by atoms with E-state index >= 15 is 0 Å². The largest absolute Gasteiger partial charge is 0.490 e. The molecule has 0 aliphatic carbocycles. The van der Waals surface area contributed by atoms with Gasteiger partial charge in [0.1, 0.15) is 11.5 Å². The van der Waals surface area contributed by atoms with Gasteiger partial charge in [0.25, 0.3) is 0 Å². The summed E-state index contributed by atoms with van der Waals surface area (Å²) in [5.41, 5.74) is 3.59. The van der Waals surface area contributed by atoms with E-state index in [-0.39, 0.29) is 11.7 Å². The van der Waals surface area contributed by atoms with E-state index in [1.807, 2.05) is 20.0 Å². The fourth-order valence-electron chi connectivity index (χ4n) is 4.04. The maximum atomic E-state index is 14.5. The van der Waals surface area contributed by atoms with Gasteiger partial charge in [0.2, 0.25) is 0 Å². The zero-order valence-corrected chi connectivity index (χ0v) is 19.3. The molecule has 0 bridgehead atoms. The number of hydrogen-bond donors (Lipinski definition) is 3. The van der Waals surface area contributed by atoms with E-state index in [1.54, 1.807) is 27.9 Å². The van der Waals surface area contributed by atoms with Crippen molar-refractivity contribution in [3.05, 3.63) is 47.8 Å². The highest BCUT2D eigenvalue weighted by atomic mass is 19.4. The molecule has 0 spiro atoms. The standard InChI is InChI=1S/C20H22FN7O.C2HF3O2/c1-12-8-27-11-16(15(21)7-18(27)24-12)25-20(29)28-6-4-14-17(3-5-23-19(14)28)26-9-13(10-26)22-2;3-2(4,5)1(6)7/h3,5,7-8,11,13,22H,4,6,9-10H2,1-2H3,(H,25,29);(H,6,7). The van der Waals surface area contributed by atoms with Crippen LogP contribution in [0.2, 0.25) is 0 Å². The fourth-order valence-corrected chi connectivity index (χ4v) is 4.04. The van der Waals surface area contributed by atoms with E-state index < -0.39 is 18.0 Å². The van der Waals surface area contributed by atoms with Gasteiger partial charge in [-0.1, -0.05) is 0 Å². The van der Waals surface area contributed by atoms with Gasteiger partial charge in [-0.3, -0.25) is 4.90 Å². The molecule has 192 valence electrons. The van der Waals surface area contributed by atoms with Crippen molar-refractivity contribution in [3.63, 3.8) is 0 Å². The van der Waals surface area contributed by atoms with E-state index in [9.17, 15) is 22.4 Å². The number of nitrogens with zero attached hydrogens (tertiary/aromatic N) is 5. The molecule has 3 aromatic heterocycles. The third-order valence-electron chi connectivity index (χ3n) is 5.87. The molecule has 36 heavy (non-hydrogen) atoms. The Morgan fingerprint density at radius 3 is 2.56 bits per heavy atom. The molecule has 2 aliphatic heterocycles. The number of imidazole rings is 1. The van der Waals surface area contributed by atoms with Gasteiger partial charge in [0, 0.05) is 61.6 Å². The average Bonchev–Trinajstić information content (AvgIpc) is 3.36. The lowest BCUT2D eigenvalue weighted by Crippen LogP contribution is -2.57. The molecule has 0 saturated carbocycles. The van der Waals surface area contributed by atoms with Gasteiger partial charge < -0.3 is 25.0 Å². The van der Waals surface area contributed by atoms with Crippen molar-refractivity contribution in [2.75, 3.05) is 41.8 Å². The third kappa shape index (κ3) is 5.03. The number of carbonyl (C=O) groups is 2. The number of carboxylic acids is 1. The van der Waals surface area contributed by atoms with Crippen LogP contribution in [-0.4, -0.2) is 70.4 Å². The topological polar surface area (TPSA) is 115 Å². The normalized spacial score (nSPS) is 15.3. The number of fused-ring (bicyclic) bond motifs is 2. The predicted molar refractivity (Wildman–Crippen MR) is 123 cm³/mol. The monoisotopic (exact) mass is 509 g/mol. The lowest BCUT2D eigenvalue weighted by Gasteiger charge is -2.41. The smallest absolute Gasteiger partial charge is 0.475 e. The van der Waals surface area contributed by atoms with Crippen molar-refractivity contribution in [2.24, 2.45) is 0 Å². The van der Waals surface area contributed by atoms with Crippen LogP contribution in [0.1, 0.15) is 11.3 Å². The Kier molecular flexibility index (Phi) is 6.71. The summed E-state index contributed by atoms with van der Waals surface area (Å²) < 4.78 is 47.9. The second-order valence-electron chi connectivity index (χ2n) is 8.34. The predicted octanol–water partition coefficient (Wildman–Crippen LogP) is 2.81. The first-order valence-corrected chi connectivity index (χ1v) is 10.9. The number of alkyl halides is 3. The van der Waals surface area contributed by atoms with Crippen molar-refractivity contribution in [2.45, 2.75) is 25.6 Å². The number of pyridine rings is 2. The number of carboxylic acid groups (broad SMARTS) is 1. The van der Waals surface area contributed by atoms with Crippen molar-refractivity contribution < 1.29 is 32.3 Å². The number of amides is 2. The Bertz CT molecular complexity index is 1300. The number of aliphatic carboxylic acids is 1. The molecule has 3 aromatic rings. The maximum Gasteiger partial charge on any atom is 0.490 e. The van der Waals surface area contributed by atoms with Crippen molar-refractivity contribution in [3.8, 4) is 0 Å². The molecule has 2 amide bonds. The molecule has 3 N–H and O–H groups in total. The summed E-state index contributed by atoms with van der Waals surface area (Å²) in [6, 6.07) is 3.42. The minimum atomic E-state index is -5.08. The second-order valence-corrected chi connectivity index (χ2v) is 8.34. The minimum Gasteiger partial charge on any atom is -0.475 e. The molecule has 2 aliphatic rings. The molecule has 10 nitrogen and oxygen atoms in total. The highest BCUT2D eigenvalue weighted by molar-refractivity contribution is 6.03. The van der Waals surface area contributed by atoms with Crippen LogP contribution in [0.5, 0.6) is 0 Å². The van der Waals surface area contributed by atoms with Crippen LogP contribution in [0.15, 0.2) is 30.7 Å². The van der Waals surface area contributed by atoms with Crippen LogP contribution in [0.25, 0.3) is 5.65 Å². The van der Waals surface area contributed by atoms with Gasteiger partial charge in [-0.25, -0.2) is 23.9 Å². The van der Waals surface area contributed by atoms with E-state index in [0.717, 1.165) is 36.5 Å². The molecule has 0 aromatic carbocycles. The van der Waals surface area contributed by atoms with Crippen LogP contribution in [0.4, 0.5) is 39.5 Å². The number of carbonyl (C=O) groups excluding carboxylic acids is 1. The summed E-state index contributed by atoms with van der Waals surface area (Å²) in [5, 5.41) is 13.1. The Morgan fingerprint density at radius 2 is 1.92 bits per heavy atom. The number of anilines is 3. The first-order chi connectivity index (χ1) is 17.0. The first-order valence-electron chi connectivity index (χ1n) is 10.9. The van der Waals surface area contributed by atoms with Crippen molar-refractivity contribution in [1.82, 2.24) is 19.7 Å². The summed E-state index contributed by atoms with van der Waals surface area (Å²) in [5.74, 6) is -2.63. The fraction of sp³-hybridized carbons (Fsp3) is 0.364. The van der Waals surface area contributed by atoms with Gasteiger partial charge in [-0.15, -0.1) is 0 Å². The van der Waals surface area contributed by atoms with Crippen LogP contribution in [0, 0.1) is 12.7 Å². The van der Waals surface area contributed by atoms with E-state index in [1.165, 1.54) is 6.07 Å². The maximum absolute atomic E-state index is 14.5. The molecule has 0 radical (unpaired) electrons. The van der Waals surface area contributed by atoms with Gasteiger partial charge >= 0.3 is 18.2 Å². The molecule has 1 saturated heterocycles. The molecule has 5 rings (SSSR count). The molecule has 0 unspecified atom stereocenters. The molecular weight excluding hydrogens is 486 g/mol. The first kappa shape index (κ1) is 25.2. The summed E-state index contributed by atoms with van der Waals surface area (Å²) in [7, 11) is 1.96. The number of halogens is 4. The SMILES string of the molecule is CNC1CN(c2ccnc3c2CCN3C(=O)Nc2cn3cc(C)nc3cc2F)C1.O=C(O)C(F)(F)F. The third-order valence-corrected chi connectivity index (χ3v) is 5.87. The Balaban J connectivity index is 0.000000384. The van der Waals surface area contributed by atoms with Gasteiger partial charge in [-0.05, 0) is 26.5 Å². The van der Waals surface area contributed by atoms with E-state index in [4.69, 9.17) is 9.90 Å². The van der Waals surface area contributed by atoms with Crippen molar-refractivity contribution >= 4 is 34.8 Å². The quantitative estimate of drug-likeness (QED) is 0.465. The highest BCUT2D eigenvalue weighted by Crippen LogP contribution is 2.36. The minimum absolute atomic E-state index is 0.115. The molecular formula is C22H23F4N7O3. The summed E-state index contributed by atoms with van der Waals surface area (Å²) in [4.78, 5) is 34.3. The number of aryl methyl sites for hydroxylation is 1. The molecule has 5 heterocycles. The summed E-state index contributed by atoms with van der Waals surface area (Å²) in [6.45, 7) is 4.23. The number of hydrogen-bond acceptors (Lipinski definition) is 6. The number of urea groups is 1. The number of rotatable bonds is 3. The van der Waals surface area contributed by atoms with Crippen LogP contribution >= 0.6 is 0 Å². The molecule has 0 atom stereocenters. The van der Waals surface area contributed by atoms with Gasteiger partial charge in [-0.2, -0.15) is 13.2 Å². The second kappa shape index (κ2) is 9.60. The van der Waals surface area contributed by atoms with Crippen molar-refractivity contribution in [1.29, 1.82) is 0 Å². The average molecular weight is 509 g/mol. The highest BCUT2D eigenvalue weighted by Gasteiger charge is 2.38.